The quantitative estimate of drug-likeness (QED) is 0.777. The minimum absolute atomic E-state index is 0.116. The van der Waals surface area contributed by atoms with Crippen molar-refractivity contribution < 1.29 is 17.9 Å². The third-order valence-corrected chi connectivity index (χ3v) is 3.73. The number of aromatic nitrogens is 2. The van der Waals surface area contributed by atoms with Crippen LogP contribution >= 0.6 is 10.0 Å². The fourth-order valence-corrected chi connectivity index (χ4v) is 1.87. The van der Waals surface area contributed by atoms with E-state index in [1.807, 2.05) is 0 Å². The number of alkyl halides is 3. The summed E-state index contributed by atoms with van der Waals surface area (Å²) in [7, 11) is -0.637. The smallest absolute Gasteiger partial charge is 0.360 e. The first-order chi connectivity index (χ1) is 8.09. The summed E-state index contributed by atoms with van der Waals surface area (Å²) in [6.07, 6.45) is 3.09. The number of hydrogen-bond acceptors (Lipinski definition) is 2. The molecule has 0 aliphatic heterocycles. The predicted octanol–water partition coefficient (Wildman–Crippen LogP) is 2.88. The highest BCUT2D eigenvalue weighted by atomic mass is 32.3. The molecule has 0 bridgehead atoms. The Balaban J connectivity index is 2.51. The van der Waals surface area contributed by atoms with Gasteiger partial charge in [0.15, 0.2) is 5.69 Å². The maximum Gasteiger partial charge on any atom is 0.434 e. The molecule has 1 aromatic heterocycles. The van der Waals surface area contributed by atoms with E-state index in [-0.39, 0.29) is 6.73 Å². The third-order valence-electron chi connectivity index (χ3n) is 2.34. The first-order valence-corrected chi connectivity index (χ1v) is 8.47. The van der Waals surface area contributed by atoms with Crippen LogP contribution in [0.15, 0.2) is 6.20 Å². The molecule has 0 fully saturated rings. The van der Waals surface area contributed by atoms with Crippen molar-refractivity contribution in [2.75, 3.05) is 31.1 Å². The Morgan fingerprint density at radius 1 is 1.33 bits per heavy atom. The van der Waals surface area contributed by atoms with Gasteiger partial charge >= 0.3 is 6.18 Å². The number of nitrogens with zero attached hydrogens (tertiary/aromatic N) is 2. The van der Waals surface area contributed by atoms with Crippen LogP contribution in [0.25, 0.3) is 0 Å². The molecule has 1 aromatic rings. The van der Waals surface area contributed by atoms with E-state index in [9.17, 15) is 13.2 Å². The summed E-state index contributed by atoms with van der Waals surface area (Å²) in [6.45, 7) is 2.20. The highest BCUT2D eigenvalue weighted by Gasteiger charge is 2.34. The van der Waals surface area contributed by atoms with Gasteiger partial charge in [0.05, 0.1) is 6.61 Å². The first kappa shape index (κ1) is 15.4. The molecule has 0 atom stereocenters. The molecule has 0 amide bonds. The topological polar surface area (TPSA) is 27.1 Å². The van der Waals surface area contributed by atoms with Crippen LogP contribution in [0.3, 0.4) is 0 Å². The number of hydrogen-bond donors (Lipinski definition) is 0. The summed E-state index contributed by atoms with van der Waals surface area (Å²) in [5, 5.41) is 0. The number of rotatable bonds is 5. The Kier molecular flexibility index (Phi) is 4.72. The second kappa shape index (κ2) is 5.52. The third kappa shape index (κ3) is 4.89. The SMILES string of the molecule is Cc1nc(C(F)(F)F)cn1COCCS(C)(C)C. The van der Waals surface area contributed by atoms with E-state index in [0.29, 0.717) is 12.4 Å². The number of halogens is 3. The van der Waals surface area contributed by atoms with Crippen molar-refractivity contribution in [3.05, 3.63) is 17.7 Å². The molecule has 0 spiro atoms. The van der Waals surface area contributed by atoms with Crippen LogP contribution in [-0.2, 0) is 17.6 Å². The number of imidazole rings is 1. The molecule has 0 saturated heterocycles. The summed E-state index contributed by atoms with van der Waals surface area (Å²) >= 11 is 0. The molecule has 1 heterocycles. The Bertz CT molecular complexity index is 396. The van der Waals surface area contributed by atoms with Gasteiger partial charge < -0.3 is 9.30 Å². The molecular weight excluding hydrogens is 265 g/mol. The van der Waals surface area contributed by atoms with Crippen molar-refractivity contribution in [1.29, 1.82) is 0 Å². The number of ether oxygens (including phenoxy) is 1. The van der Waals surface area contributed by atoms with E-state index in [2.05, 4.69) is 23.8 Å². The van der Waals surface area contributed by atoms with Gasteiger partial charge in [-0.1, -0.05) is 0 Å². The lowest BCUT2D eigenvalue weighted by molar-refractivity contribution is -0.141. The Labute approximate surface area is 107 Å². The molecule has 3 nitrogen and oxygen atoms in total. The molecule has 0 saturated carbocycles. The maximum atomic E-state index is 12.4. The zero-order valence-corrected chi connectivity index (χ0v) is 11.9. The van der Waals surface area contributed by atoms with Crippen molar-refractivity contribution >= 4 is 10.0 Å². The zero-order chi connectivity index (χ0) is 14.0. The Morgan fingerprint density at radius 2 is 1.94 bits per heavy atom. The molecule has 1 rings (SSSR count). The summed E-state index contributed by atoms with van der Waals surface area (Å²) in [6, 6.07) is 0. The zero-order valence-electron chi connectivity index (χ0n) is 11.0. The average Bonchev–Trinajstić information content (AvgIpc) is 2.53. The normalized spacial score (nSPS) is 13.9. The monoisotopic (exact) mass is 284 g/mol. The molecule has 7 heteroatoms. The van der Waals surface area contributed by atoms with Gasteiger partial charge in [0.2, 0.25) is 0 Å². The maximum absolute atomic E-state index is 12.4. The molecule has 106 valence electrons. The van der Waals surface area contributed by atoms with Crippen LogP contribution < -0.4 is 0 Å². The van der Waals surface area contributed by atoms with Crippen molar-refractivity contribution in [2.24, 2.45) is 0 Å². The van der Waals surface area contributed by atoms with E-state index < -0.39 is 21.9 Å². The highest BCUT2D eigenvalue weighted by Crippen LogP contribution is 2.33. The first-order valence-electron chi connectivity index (χ1n) is 5.44. The van der Waals surface area contributed by atoms with E-state index in [4.69, 9.17) is 4.74 Å². The molecule has 0 radical (unpaired) electrons. The fraction of sp³-hybridized carbons (Fsp3) is 0.727. The summed E-state index contributed by atoms with van der Waals surface area (Å²) < 4.78 is 44.0. The minimum Gasteiger partial charge on any atom is -0.360 e. The van der Waals surface area contributed by atoms with Crippen LogP contribution in [0.2, 0.25) is 0 Å². The molecule has 0 N–H and O–H groups in total. The van der Waals surface area contributed by atoms with Crippen LogP contribution in [0, 0.1) is 6.92 Å². The minimum atomic E-state index is -4.40. The Hall–Kier alpha value is -0.690. The van der Waals surface area contributed by atoms with Gasteiger partial charge in [-0.3, -0.25) is 0 Å². The molecule has 0 aromatic carbocycles. The van der Waals surface area contributed by atoms with E-state index in [0.717, 1.165) is 11.9 Å². The molecule has 0 aliphatic carbocycles. The van der Waals surface area contributed by atoms with E-state index in [1.54, 1.807) is 0 Å². The fourth-order valence-electron chi connectivity index (χ4n) is 1.25. The summed E-state index contributed by atoms with van der Waals surface area (Å²) in [5.41, 5.74) is -0.870. The van der Waals surface area contributed by atoms with Crippen molar-refractivity contribution in [3.8, 4) is 0 Å². The lowest BCUT2D eigenvalue weighted by atomic mass is 10.5. The second-order valence-electron chi connectivity index (χ2n) is 4.97. The molecule has 0 unspecified atom stereocenters. The van der Waals surface area contributed by atoms with Crippen LogP contribution in [0.4, 0.5) is 13.2 Å². The largest absolute Gasteiger partial charge is 0.434 e. The molecule has 0 aliphatic rings. The van der Waals surface area contributed by atoms with Gasteiger partial charge in [0.25, 0.3) is 0 Å². The van der Waals surface area contributed by atoms with Gasteiger partial charge in [-0.05, 0) is 25.7 Å². The lowest BCUT2D eigenvalue weighted by Crippen LogP contribution is -2.10. The van der Waals surface area contributed by atoms with Gasteiger partial charge in [0.1, 0.15) is 12.6 Å². The second-order valence-corrected chi connectivity index (χ2v) is 9.56. The van der Waals surface area contributed by atoms with Crippen molar-refractivity contribution in [1.82, 2.24) is 9.55 Å². The summed E-state index contributed by atoms with van der Waals surface area (Å²) in [5.74, 6) is 1.25. The van der Waals surface area contributed by atoms with Gasteiger partial charge in [-0.25, -0.2) is 15.0 Å². The highest BCUT2D eigenvalue weighted by molar-refractivity contribution is 8.32. The van der Waals surface area contributed by atoms with Gasteiger partial charge in [-0.2, -0.15) is 13.2 Å². The molecular formula is C11H19F3N2OS. The van der Waals surface area contributed by atoms with Crippen molar-refractivity contribution in [3.63, 3.8) is 0 Å². The van der Waals surface area contributed by atoms with Crippen molar-refractivity contribution in [2.45, 2.75) is 19.8 Å². The lowest BCUT2D eigenvalue weighted by Gasteiger charge is -2.24. The van der Waals surface area contributed by atoms with E-state index in [1.165, 1.54) is 11.5 Å². The van der Waals surface area contributed by atoms with Gasteiger partial charge in [0, 0.05) is 11.9 Å². The van der Waals surface area contributed by atoms with E-state index >= 15 is 0 Å². The average molecular weight is 284 g/mol. The molecule has 18 heavy (non-hydrogen) atoms. The predicted molar refractivity (Wildman–Crippen MR) is 68.1 cm³/mol. The summed E-state index contributed by atoms with van der Waals surface area (Å²) in [4.78, 5) is 3.47. The van der Waals surface area contributed by atoms with Crippen LogP contribution in [-0.4, -0.2) is 40.7 Å². The number of aryl methyl sites for hydroxylation is 1. The standard InChI is InChI=1S/C11H19F3N2OS/c1-9-15-10(11(12,13)14)7-16(9)8-17-5-6-18(2,3)4/h7H,5-6,8H2,1-4H3. The van der Waals surface area contributed by atoms with Crippen LogP contribution in [0.1, 0.15) is 11.5 Å². The Morgan fingerprint density at radius 3 is 2.39 bits per heavy atom. The van der Waals surface area contributed by atoms with Crippen LogP contribution in [0.5, 0.6) is 0 Å². The van der Waals surface area contributed by atoms with Gasteiger partial charge in [-0.15, -0.1) is 0 Å².